The summed E-state index contributed by atoms with van der Waals surface area (Å²) in [6.45, 7) is 1.47. The lowest BCUT2D eigenvalue weighted by molar-refractivity contribution is 0.559. The van der Waals surface area contributed by atoms with Gasteiger partial charge in [0.2, 0.25) is 0 Å². The molecular weight excluding hydrogens is 204 g/mol. The minimum Gasteiger partial charge on any atom is -0.256 e. The van der Waals surface area contributed by atoms with Crippen LogP contribution in [-0.4, -0.2) is 24.2 Å². The van der Waals surface area contributed by atoms with E-state index in [9.17, 15) is 8.42 Å². The molecule has 0 fully saturated rings. The van der Waals surface area contributed by atoms with Crippen LogP contribution in [0.25, 0.3) is 0 Å². The monoisotopic (exact) mass is 214 g/mol. The SMILES string of the molecule is CC(C#N)NS(=O)(=O)c1ccnn1C. The zero-order valence-corrected chi connectivity index (χ0v) is 8.61. The lowest BCUT2D eigenvalue weighted by Crippen LogP contribution is -2.32. The van der Waals surface area contributed by atoms with Gasteiger partial charge in [-0.3, -0.25) is 4.68 Å². The highest BCUT2D eigenvalue weighted by molar-refractivity contribution is 7.89. The van der Waals surface area contributed by atoms with E-state index in [0.717, 1.165) is 0 Å². The molecule has 1 aromatic heterocycles. The third-order valence-corrected chi connectivity index (χ3v) is 3.19. The summed E-state index contributed by atoms with van der Waals surface area (Å²) in [4.78, 5) is 0. The standard InChI is InChI=1S/C7H10N4O2S/c1-6(5-8)10-14(12,13)7-3-4-9-11(7)2/h3-4,6,10H,1-2H3. The lowest BCUT2D eigenvalue weighted by Gasteiger charge is -2.07. The van der Waals surface area contributed by atoms with E-state index in [-0.39, 0.29) is 5.03 Å². The van der Waals surface area contributed by atoms with E-state index < -0.39 is 16.1 Å². The Labute approximate surface area is 82.2 Å². The first kappa shape index (κ1) is 10.7. The van der Waals surface area contributed by atoms with Crippen LogP contribution in [0.3, 0.4) is 0 Å². The number of hydrogen-bond acceptors (Lipinski definition) is 4. The number of rotatable bonds is 3. The fourth-order valence-corrected chi connectivity index (χ4v) is 2.22. The van der Waals surface area contributed by atoms with E-state index >= 15 is 0 Å². The number of sulfonamides is 1. The van der Waals surface area contributed by atoms with Gasteiger partial charge in [-0.2, -0.15) is 15.1 Å². The molecule has 0 aliphatic carbocycles. The topological polar surface area (TPSA) is 87.8 Å². The van der Waals surface area contributed by atoms with Gasteiger partial charge in [-0.15, -0.1) is 0 Å². The van der Waals surface area contributed by atoms with Gasteiger partial charge in [0, 0.05) is 7.05 Å². The Balaban J connectivity index is 3.00. The summed E-state index contributed by atoms with van der Waals surface area (Å²) in [7, 11) is -2.11. The van der Waals surface area contributed by atoms with Gasteiger partial charge in [0.05, 0.1) is 12.3 Å². The number of hydrogen-bond donors (Lipinski definition) is 1. The first-order valence-electron chi connectivity index (χ1n) is 3.87. The molecule has 1 rings (SSSR count). The highest BCUT2D eigenvalue weighted by Crippen LogP contribution is 2.06. The Bertz CT molecular complexity index is 456. The molecule has 0 bridgehead atoms. The van der Waals surface area contributed by atoms with Gasteiger partial charge in [-0.25, -0.2) is 8.42 Å². The smallest absolute Gasteiger partial charge is 0.256 e. The van der Waals surface area contributed by atoms with Gasteiger partial charge in [0.15, 0.2) is 5.03 Å². The molecule has 1 N–H and O–H groups in total. The van der Waals surface area contributed by atoms with Crippen LogP contribution in [0, 0.1) is 11.3 Å². The van der Waals surface area contributed by atoms with Crippen molar-refractivity contribution in [2.24, 2.45) is 7.05 Å². The van der Waals surface area contributed by atoms with Crippen LogP contribution >= 0.6 is 0 Å². The first-order valence-corrected chi connectivity index (χ1v) is 5.35. The van der Waals surface area contributed by atoms with Gasteiger partial charge in [0.25, 0.3) is 10.0 Å². The molecule has 0 aliphatic heterocycles. The maximum Gasteiger partial charge on any atom is 0.258 e. The van der Waals surface area contributed by atoms with Crippen molar-refractivity contribution in [2.75, 3.05) is 0 Å². The summed E-state index contributed by atoms with van der Waals surface area (Å²) in [5.41, 5.74) is 0. The van der Waals surface area contributed by atoms with Crippen molar-refractivity contribution in [2.45, 2.75) is 18.0 Å². The second-order valence-electron chi connectivity index (χ2n) is 2.77. The summed E-state index contributed by atoms with van der Waals surface area (Å²) in [5, 5.41) is 12.2. The van der Waals surface area contributed by atoms with Crippen molar-refractivity contribution < 1.29 is 8.42 Å². The average Bonchev–Trinajstić information content (AvgIpc) is 2.51. The molecule has 0 saturated heterocycles. The van der Waals surface area contributed by atoms with Crippen LogP contribution < -0.4 is 4.72 Å². The molecule has 0 aliphatic rings. The van der Waals surface area contributed by atoms with E-state index in [0.29, 0.717) is 0 Å². The zero-order chi connectivity index (χ0) is 10.8. The highest BCUT2D eigenvalue weighted by atomic mass is 32.2. The molecule has 1 unspecified atom stereocenters. The van der Waals surface area contributed by atoms with E-state index in [2.05, 4.69) is 9.82 Å². The second-order valence-corrected chi connectivity index (χ2v) is 4.43. The number of nitrogens with zero attached hydrogens (tertiary/aromatic N) is 3. The van der Waals surface area contributed by atoms with Crippen molar-refractivity contribution in [3.8, 4) is 6.07 Å². The second kappa shape index (κ2) is 3.77. The Morgan fingerprint density at radius 2 is 2.36 bits per heavy atom. The third-order valence-electron chi connectivity index (χ3n) is 1.58. The van der Waals surface area contributed by atoms with Gasteiger partial charge in [0.1, 0.15) is 6.04 Å². The average molecular weight is 214 g/mol. The highest BCUT2D eigenvalue weighted by Gasteiger charge is 2.19. The Morgan fingerprint density at radius 1 is 1.71 bits per heavy atom. The van der Waals surface area contributed by atoms with Crippen LogP contribution in [0.15, 0.2) is 17.3 Å². The fraction of sp³-hybridized carbons (Fsp3) is 0.429. The van der Waals surface area contributed by atoms with E-state index in [1.807, 2.05) is 0 Å². The van der Waals surface area contributed by atoms with Crippen molar-refractivity contribution in [3.05, 3.63) is 12.3 Å². The van der Waals surface area contributed by atoms with Crippen molar-refractivity contribution in [3.63, 3.8) is 0 Å². The minimum atomic E-state index is -3.63. The van der Waals surface area contributed by atoms with Crippen LogP contribution in [0.2, 0.25) is 0 Å². The van der Waals surface area contributed by atoms with Gasteiger partial charge in [-0.1, -0.05) is 0 Å². The Morgan fingerprint density at radius 3 is 2.79 bits per heavy atom. The number of nitriles is 1. The zero-order valence-electron chi connectivity index (χ0n) is 7.80. The molecule has 7 heteroatoms. The largest absolute Gasteiger partial charge is 0.258 e. The minimum absolute atomic E-state index is 0.0413. The van der Waals surface area contributed by atoms with Crippen molar-refractivity contribution in [1.29, 1.82) is 5.26 Å². The maximum atomic E-state index is 11.6. The molecule has 0 spiro atoms. The summed E-state index contributed by atoms with van der Waals surface area (Å²) in [5.74, 6) is 0. The number of nitrogens with one attached hydrogen (secondary N) is 1. The third kappa shape index (κ3) is 2.10. The van der Waals surface area contributed by atoms with Gasteiger partial charge in [-0.05, 0) is 13.0 Å². The molecular formula is C7H10N4O2S. The fourth-order valence-electron chi connectivity index (χ4n) is 0.945. The summed E-state index contributed by atoms with van der Waals surface area (Å²) < 4.78 is 26.5. The van der Waals surface area contributed by atoms with Crippen molar-refractivity contribution in [1.82, 2.24) is 14.5 Å². The maximum absolute atomic E-state index is 11.6. The van der Waals surface area contributed by atoms with Crippen molar-refractivity contribution >= 4 is 10.0 Å². The van der Waals surface area contributed by atoms with Crippen LogP contribution in [0.1, 0.15) is 6.92 Å². The summed E-state index contributed by atoms with van der Waals surface area (Å²) >= 11 is 0. The predicted molar refractivity (Wildman–Crippen MR) is 48.6 cm³/mol. The molecule has 1 aromatic rings. The van der Waals surface area contributed by atoms with E-state index in [1.54, 1.807) is 6.07 Å². The molecule has 0 saturated carbocycles. The van der Waals surface area contributed by atoms with Crippen LogP contribution in [0.4, 0.5) is 0 Å². The summed E-state index contributed by atoms with van der Waals surface area (Å²) in [6, 6.07) is 2.40. The molecule has 76 valence electrons. The molecule has 0 amide bonds. The van der Waals surface area contributed by atoms with E-state index in [1.165, 1.54) is 30.9 Å². The van der Waals surface area contributed by atoms with Gasteiger partial charge >= 0.3 is 0 Å². The molecule has 1 heterocycles. The van der Waals surface area contributed by atoms with Crippen LogP contribution in [0.5, 0.6) is 0 Å². The number of aromatic nitrogens is 2. The molecule has 0 radical (unpaired) electrons. The first-order chi connectivity index (χ1) is 6.47. The molecule has 14 heavy (non-hydrogen) atoms. The molecule has 1 atom stereocenters. The Hall–Kier alpha value is -1.39. The van der Waals surface area contributed by atoms with E-state index in [4.69, 9.17) is 5.26 Å². The predicted octanol–water partition coefficient (Wildman–Crippen LogP) is -0.390. The van der Waals surface area contributed by atoms with Crippen LogP contribution in [-0.2, 0) is 17.1 Å². The quantitative estimate of drug-likeness (QED) is 0.742. The molecule has 0 aromatic carbocycles. The number of aryl methyl sites for hydroxylation is 1. The van der Waals surface area contributed by atoms with Gasteiger partial charge < -0.3 is 0 Å². The molecule has 6 nitrogen and oxygen atoms in total. The normalized spacial score (nSPS) is 13.5. The summed E-state index contributed by atoms with van der Waals surface area (Å²) in [6.07, 6.45) is 1.38. The lowest BCUT2D eigenvalue weighted by atomic mass is 10.4. The Kier molecular flexibility index (Phi) is 2.88.